The summed E-state index contributed by atoms with van der Waals surface area (Å²) in [5.74, 6) is 0. The molecule has 0 N–H and O–H groups in total. The van der Waals surface area contributed by atoms with Gasteiger partial charge in [0.25, 0.3) is 5.56 Å². The minimum absolute atomic E-state index is 0.131. The summed E-state index contributed by atoms with van der Waals surface area (Å²) >= 11 is 2.37. The van der Waals surface area contributed by atoms with Crippen molar-refractivity contribution >= 4 is 33.4 Å². The molecule has 1 aromatic carbocycles. The largest absolute Gasteiger partial charge is 0.315 e. The van der Waals surface area contributed by atoms with Crippen LogP contribution in [0.15, 0.2) is 41.3 Å². The van der Waals surface area contributed by atoms with Gasteiger partial charge < -0.3 is 4.57 Å². The lowest BCUT2D eigenvalue weighted by Gasteiger charge is -2.06. The van der Waals surface area contributed by atoms with E-state index in [4.69, 9.17) is 0 Å². The molecular formula is C13H14INO. The van der Waals surface area contributed by atoms with E-state index >= 15 is 0 Å². The molecule has 0 amide bonds. The molecule has 0 saturated heterocycles. The van der Waals surface area contributed by atoms with E-state index < -0.39 is 0 Å². The lowest BCUT2D eigenvalue weighted by atomic mass is 10.2. The van der Waals surface area contributed by atoms with Gasteiger partial charge >= 0.3 is 0 Å². The van der Waals surface area contributed by atoms with Gasteiger partial charge in [-0.15, -0.1) is 0 Å². The number of rotatable bonds is 4. The van der Waals surface area contributed by atoms with Crippen molar-refractivity contribution in [2.45, 2.75) is 19.4 Å². The summed E-state index contributed by atoms with van der Waals surface area (Å²) in [6.45, 7) is 0.826. The van der Waals surface area contributed by atoms with E-state index in [9.17, 15) is 4.79 Å². The fraction of sp³-hybridized carbons (Fsp3) is 0.308. The first kappa shape index (κ1) is 11.6. The number of aryl methyl sites for hydroxylation is 1. The Morgan fingerprint density at radius 3 is 2.75 bits per heavy atom. The van der Waals surface area contributed by atoms with Crippen LogP contribution in [0, 0.1) is 0 Å². The molecule has 0 aliphatic rings. The topological polar surface area (TPSA) is 22.0 Å². The zero-order valence-corrected chi connectivity index (χ0v) is 11.2. The second kappa shape index (κ2) is 5.48. The summed E-state index contributed by atoms with van der Waals surface area (Å²) in [7, 11) is 0. The quantitative estimate of drug-likeness (QED) is 0.480. The van der Waals surface area contributed by atoms with Crippen molar-refractivity contribution in [1.29, 1.82) is 0 Å². The monoisotopic (exact) mass is 327 g/mol. The van der Waals surface area contributed by atoms with Crippen LogP contribution in [-0.2, 0) is 6.54 Å². The molecule has 0 saturated carbocycles. The van der Waals surface area contributed by atoms with E-state index in [1.807, 2.05) is 41.1 Å². The molecule has 3 heteroatoms. The lowest BCUT2D eigenvalue weighted by molar-refractivity contribution is 0.622. The number of hydrogen-bond acceptors (Lipinski definition) is 1. The normalized spacial score (nSPS) is 10.8. The Balaban J connectivity index is 2.33. The van der Waals surface area contributed by atoms with Gasteiger partial charge in [0.15, 0.2) is 0 Å². The van der Waals surface area contributed by atoms with E-state index in [-0.39, 0.29) is 5.56 Å². The van der Waals surface area contributed by atoms with Gasteiger partial charge in [-0.25, -0.2) is 0 Å². The summed E-state index contributed by atoms with van der Waals surface area (Å²) in [6.07, 6.45) is 4.14. The van der Waals surface area contributed by atoms with Gasteiger partial charge in [0, 0.05) is 18.1 Å². The van der Waals surface area contributed by atoms with Gasteiger partial charge in [-0.1, -0.05) is 40.8 Å². The van der Waals surface area contributed by atoms with Gasteiger partial charge in [0.2, 0.25) is 0 Å². The molecule has 0 bridgehead atoms. The maximum atomic E-state index is 12.1. The average molecular weight is 327 g/mol. The molecule has 84 valence electrons. The average Bonchev–Trinajstić information content (AvgIpc) is 2.33. The Labute approximate surface area is 108 Å². The predicted molar refractivity (Wildman–Crippen MR) is 76.3 cm³/mol. The Morgan fingerprint density at radius 1 is 1.12 bits per heavy atom. The SMILES string of the molecule is O=c1c2ccccc2ccn1CCCCI. The Bertz CT molecular complexity index is 533. The van der Waals surface area contributed by atoms with Crippen molar-refractivity contribution in [2.75, 3.05) is 4.43 Å². The van der Waals surface area contributed by atoms with E-state index in [1.165, 1.54) is 6.42 Å². The first-order valence-corrected chi connectivity index (χ1v) is 6.99. The summed E-state index contributed by atoms with van der Waals surface area (Å²) in [5.41, 5.74) is 0.131. The third-order valence-electron chi connectivity index (χ3n) is 2.67. The highest BCUT2D eigenvalue weighted by molar-refractivity contribution is 14.1. The zero-order valence-electron chi connectivity index (χ0n) is 9.03. The second-order valence-electron chi connectivity index (χ2n) is 3.80. The van der Waals surface area contributed by atoms with Crippen LogP contribution in [0.5, 0.6) is 0 Å². The summed E-state index contributed by atoms with van der Waals surface area (Å²) in [4.78, 5) is 12.1. The fourth-order valence-corrected chi connectivity index (χ4v) is 2.32. The Kier molecular flexibility index (Phi) is 3.98. The highest BCUT2D eigenvalue weighted by atomic mass is 127. The predicted octanol–water partition coefficient (Wildman–Crippen LogP) is 3.22. The van der Waals surface area contributed by atoms with E-state index in [2.05, 4.69) is 22.6 Å². The molecule has 0 aliphatic carbocycles. The summed E-state index contributed by atoms with van der Waals surface area (Å²) in [5, 5.41) is 1.84. The van der Waals surface area contributed by atoms with E-state index in [0.717, 1.165) is 28.2 Å². The molecule has 0 fully saturated rings. The van der Waals surface area contributed by atoms with Crippen molar-refractivity contribution in [3.8, 4) is 0 Å². The molecular weight excluding hydrogens is 313 g/mol. The minimum Gasteiger partial charge on any atom is -0.315 e. The highest BCUT2D eigenvalue weighted by Crippen LogP contribution is 2.08. The van der Waals surface area contributed by atoms with Crippen LogP contribution in [0.1, 0.15) is 12.8 Å². The van der Waals surface area contributed by atoms with Gasteiger partial charge in [-0.3, -0.25) is 4.79 Å². The molecule has 0 radical (unpaired) electrons. The number of benzene rings is 1. The lowest BCUT2D eigenvalue weighted by Crippen LogP contribution is -2.19. The van der Waals surface area contributed by atoms with Gasteiger partial charge in [0.1, 0.15) is 0 Å². The number of unbranched alkanes of at least 4 members (excludes halogenated alkanes) is 1. The van der Waals surface area contributed by atoms with Crippen LogP contribution in [0.2, 0.25) is 0 Å². The summed E-state index contributed by atoms with van der Waals surface area (Å²) in [6, 6.07) is 9.76. The maximum absolute atomic E-state index is 12.1. The minimum atomic E-state index is 0.131. The van der Waals surface area contributed by atoms with Crippen molar-refractivity contribution in [1.82, 2.24) is 4.57 Å². The third-order valence-corrected chi connectivity index (χ3v) is 3.43. The number of aromatic nitrogens is 1. The number of nitrogens with zero attached hydrogens (tertiary/aromatic N) is 1. The van der Waals surface area contributed by atoms with E-state index in [0.29, 0.717) is 0 Å². The van der Waals surface area contributed by atoms with Gasteiger partial charge in [-0.05, 0) is 34.8 Å². The fourth-order valence-electron chi connectivity index (χ4n) is 1.78. The smallest absolute Gasteiger partial charge is 0.258 e. The van der Waals surface area contributed by atoms with Crippen LogP contribution in [0.3, 0.4) is 0 Å². The molecule has 2 rings (SSSR count). The number of hydrogen-bond donors (Lipinski definition) is 0. The molecule has 16 heavy (non-hydrogen) atoms. The number of alkyl halides is 1. The first-order valence-electron chi connectivity index (χ1n) is 5.47. The van der Waals surface area contributed by atoms with Crippen molar-refractivity contribution in [3.63, 3.8) is 0 Å². The van der Waals surface area contributed by atoms with Crippen LogP contribution in [0.4, 0.5) is 0 Å². The van der Waals surface area contributed by atoms with Crippen molar-refractivity contribution in [2.24, 2.45) is 0 Å². The van der Waals surface area contributed by atoms with Gasteiger partial charge in [-0.2, -0.15) is 0 Å². The Hall–Kier alpha value is -0.840. The van der Waals surface area contributed by atoms with Crippen LogP contribution in [0.25, 0.3) is 10.8 Å². The number of halogens is 1. The van der Waals surface area contributed by atoms with Crippen molar-refractivity contribution < 1.29 is 0 Å². The molecule has 0 unspecified atom stereocenters. The Morgan fingerprint density at radius 2 is 1.94 bits per heavy atom. The molecule has 2 nitrogen and oxygen atoms in total. The van der Waals surface area contributed by atoms with Crippen LogP contribution >= 0.6 is 22.6 Å². The summed E-state index contributed by atoms with van der Waals surface area (Å²) < 4.78 is 2.97. The van der Waals surface area contributed by atoms with Gasteiger partial charge in [0.05, 0.1) is 0 Å². The molecule has 0 spiro atoms. The molecule has 0 atom stereocenters. The first-order chi connectivity index (χ1) is 7.83. The molecule has 2 aromatic rings. The highest BCUT2D eigenvalue weighted by Gasteiger charge is 2.00. The van der Waals surface area contributed by atoms with E-state index in [1.54, 1.807) is 0 Å². The standard InChI is InChI=1S/C13H14INO/c14-8-3-4-9-15-10-7-11-5-1-2-6-12(11)13(15)16/h1-2,5-7,10H,3-4,8-9H2. The van der Waals surface area contributed by atoms with Crippen molar-refractivity contribution in [3.05, 3.63) is 46.9 Å². The molecule has 1 aromatic heterocycles. The second-order valence-corrected chi connectivity index (χ2v) is 4.88. The number of fused-ring (bicyclic) bond motifs is 1. The number of pyridine rings is 1. The maximum Gasteiger partial charge on any atom is 0.258 e. The molecule has 1 heterocycles. The zero-order chi connectivity index (χ0) is 11.4. The molecule has 0 aliphatic heterocycles. The third kappa shape index (κ3) is 2.45. The van der Waals surface area contributed by atoms with Crippen LogP contribution in [-0.4, -0.2) is 8.99 Å². The van der Waals surface area contributed by atoms with Crippen LogP contribution < -0.4 is 5.56 Å².